The zero-order chi connectivity index (χ0) is 21.2. The van der Waals surface area contributed by atoms with Crippen molar-refractivity contribution in [2.24, 2.45) is 5.92 Å². The minimum absolute atomic E-state index is 0.00572. The summed E-state index contributed by atoms with van der Waals surface area (Å²) in [5, 5.41) is 9.05. The Morgan fingerprint density at radius 3 is 2.48 bits per heavy atom. The predicted octanol–water partition coefficient (Wildman–Crippen LogP) is 1.90. The number of benzene rings is 1. The number of hydrogen-bond donors (Lipinski definition) is 0. The largest absolute Gasteiger partial charge is 0.341 e. The quantitative estimate of drug-likeness (QED) is 0.729. The lowest BCUT2D eigenvalue weighted by Crippen LogP contribution is -2.59. The summed E-state index contributed by atoms with van der Waals surface area (Å²) in [7, 11) is -3.61. The van der Waals surface area contributed by atoms with Crippen LogP contribution in [0.1, 0.15) is 39.2 Å². The lowest BCUT2D eigenvalue weighted by molar-refractivity contribution is -0.134. The van der Waals surface area contributed by atoms with Gasteiger partial charge in [-0.2, -0.15) is 9.57 Å². The molecule has 3 rings (SSSR count). The Morgan fingerprint density at radius 1 is 1.21 bits per heavy atom. The van der Waals surface area contributed by atoms with Gasteiger partial charge in [0.2, 0.25) is 15.9 Å². The van der Waals surface area contributed by atoms with Crippen molar-refractivity contribution in [3.8, 4) is 6.07 Å². The molecular weight excluding hydrogens is 388 g/mol. The van der Waals surface area contributed by atoms with Crippen LogP contribution in [0.15, 0.2) is 29.2 Å². The Balaban J connectivity index is 1.69. The minimum Gasteiger partial charge on any atom is -0.341 e. The van der Waals surface area contributed by atoms with Gasteiger partial charge in [0.1, 0.15) is 0 Å². The maximum atomic E-state index is 13.0. The normalized spacial score (nSPS) is 24.0. The standard InChI is InChI=1S/C21H30N4O3S/c1-4-21(8-9-23(16-21)20(26)17(2)3)24-10-12-25(13-11-24)29(27,28)19-7-5-6-18(14-19)15-22/h5-7,14,17H,4,8-13,16H2,1-3H3/t21-/m1/s1. The number of hydrogen-bond acceptors (Lipinski definition) is 5. The van der Waals surface area contributed by atoms with Gasteiger partial charge in [-0.1, -0.05) is 26.8 Å². The van der Waals surface area contributed by atoms with Crippen molar-refractivity contribution in [1.29, 1.82) is 5.26 Å². The summed E-state index contributed by atoms with van der Waals surface area (Å²) in [6, 6.07) is 8.18. The van der Waals surface area contributed by atoms with Crippen molar-refractivity contribution in [3.05, 3.63) is 29.8 Å². The molecule has 2 aliphatic heterocycles. The van der Waals surface area contributed by atoms with Crippen LogP contribution in [0, 0.1) is 17.2 Å². The molecule has 158 valence electrons. The van der Waals surface area contributed by atoms with Crippen molar-refractivity contribution in [2.45, 2.75) is 44.0 Å². The van der Waals surface area contributed by atoms with E-state index in [4.69, 9.17) is 5.26 Å². The van der Waals surface area contributed by atoms with Crippen molar-refractivity contribution in [3.63, 3.8) is 0 Å². The van der Waals surface area contributed by atoms with Gasteiger partial charge in [0.25, 0.3) is 0 Å². The first kappa shape index (κ1) is 21.8. The average molecular weight is 419 g/mol. The molecule has 2 fully saturated rings. The van der Waals surface area contributed by atoms with Crippen LogP contribution in [0.5, 0.6) is 0 Å². The molecule has 0 radical (unpaired) electrons. The van der Waals surface area contributed by atoms with Crippen molar-refractivity contribution in [1.82, 2.24) is 14.1 Å². The van der Waals surface area contributed by atoms with E-state index < -0.39 is 10.0 Å². The van der Waals surface area contributed by atoms with Crippen LogP contribution >= 0.6 is 0 Å². The summed E-state index contributed by atoms with van der Waals surface area (Å²) in [5.41, 5.74) is 0.275. The molecule has 29 heavy (non-hydrogen) atoms. The van der Waals surface area contributed by atoms with Crippen LogP contribution in [0.2, 0.25) is 0 Å². The first-order valence-electron chi connectivity index (χ1n) is 10.3. The predicted molar refractivity (Wildman–Crippen MR) is 111 cm³/mol. The molecule has 1 amide bonds. The van der Waals surface area contributed by atoms with Crippen LogP contribution in [-0.4, -0.2) is 73.2 Å². The first-order valence-corrected chi connectivity index (χ1v) is 11.7. The summed E-state index contributed by atoms with van der Waals surface area (Å²) >= 11 is 0. The number of sulfonamides is 1. The highest BCUT2D eigenvalue weighted by Crippen LogP contribution is 2.33. The number of nitrogens with zero attached hydrogens (tertiary/aromatic N) is 4. The smallest absolute Gasteiger partial charge is 0.243 e. The number of carbonyl (C=O) groups is 1. The Labute approximate surface area is 173 Å². The lowest BCUT2D eigenvalue weighted by atomic mass is 9.92. The minimum atomic E-state index is -3.61. The number of likely N-dealkylation sites (tertiary alicyclic amines) is 1. The summed E-state index contributed by atoms with van der Waals surface area (Å²) in [6.45, 7) is 9.63. The fourth-order valence-corrected chi connectivity index (χ4v) is 5.93. The molecule has 1 aromatic rings. The molecule has 1 atom stereocenters. The van der Waals surface area contributed by atoms with Crippen molar-refractivity contribution >= 4 is 15.9 Å². The Bertz CT molecular complexity index is 901. The van der Waals surface area contributed by atoms with E-state index in [2.05, 4.69) is 11.8 Å². The van der Waals surface area contributed by atoms with Gasteiger partial charge in [0, 0.05) is 50.7 Å². The van der Waals surface area contributed by atoms with Crippen LogP contribution in [0.25, 0.3) is 0 Å². The third-order valence-corrected chi connectivity index (χ3v) is 8.20. The molecule has 8 heteroatoms. The van der Waals surface area contributed by atoms with Gasteiger partial charge >= 0.3 is 0 Å². The summed E-state index contributed by atoms with van der Waals surface area (Å²) < 4.78 is 27.5. The van der Waals surface area contributed by atoms with E-state index in [0.717, 1.165) is 25.9 Å². The number of carbonyl (C=O) groups excluding carboxylic acids is 1. The zero-order valence-electron chi connectivity index (χ0n) is 17.5. The second-order valence-electron chi connectivity index (χ2n) is 8.27. The molecule has 0 unspecified atom stereocenters. The van der Waals surface area contributed by atoms with Crippen LogP contribution in [0.3, 0.4) is 0 Å². The summed E-state index contributed by atoms with van der Waals surface area (Å²) in [5.74, 6) is 0.188. The molecule has 0 spiro atoms. The third-order valence-electron chi connectivity index (χ3n) is 6.31. The van der Waals surface area contributed by atoms with Crippen LogP contribution < -0.4 is 0 Å². The van der Waals surface area contributed by atoms with Gasteiger partial charge in [-0.25, -0.2) is 8.42 Å². The molecule has 2 heterocycles. The SMILES string of the molecule is CC[C@@]1(N2CCN(S(=O)(=O)c3cccc(C#N)c3)CC2)CCN(C(=O)C(C)C)C1. The van der Waals surface area contributed by atoms with E-state index in [1.165, 1.54) is 10.4 Å². The van der Waals surface area contributed by atoms with Gasteiger partial charge in [0.05, 0.1) is 16.5 Å². The monoisotopic (exact) mass is 418 g/mol. The van der Waals surface area contributed by atoms with Gasteiger partial charge in [-0.05, 0) is 31.0 Å². The molecule has 0 aliphatic carbocycles. The van der Waals surface area contributed by atoms with Gasteiger partial charge in [-0.3, -0.25) is 9.69 Å². The lowest BCUT2D eigenvalue weighted by Gasteiger charge is -2.45. The number of piperazine rings is 1. The van der Waals surface area contributed by atoms with E-state index in [-0.39, 0.29) is 22.3 Å². The molecule has 2 aliphatic rings. The molecule has 1 aromatic carbocycles. The van der Waals surface area contributed by atoms with Gasteiger partial charge in [-0.15, -0.1) is 0 Å². The van der Waals surface area contributed by atoms with E-state index in [1.54, 1.807) is 18.2 Å². The van der Waals surface area contributed by atoms with Crippen LogP contribution in [0.4, 0.5) is 0 Å². The Kier molecular flexibility index (Phi) is 6.32. The highest BCUT2D eigenvalue weighted by Gasteiger charge is 2.45. The Morgan fingerprint density at radius 2 is 1.90 bits per heavy atom. The number of nitriles is 1. The molecule has 0 saturated carbocycles. The number of rotatable bonds is 5. The van der Waals surface area contributed by atoms with Crippen molar-refractivity contribution in [2.75, 3.05) is 39.3 Å². The molecular formula is C21H30N4O3S. The zero-order valence-corrected chi connectivity index (χ0v) is 18.3. The maximum Gasteiger partial charge on any atom is 0.243 e. The van der Waals surface area contributed by atoms with E-state index in [1.807, 2.05) is 24.8 Å². The average Bonchev–Trinajstić information content (AvgIpc) is 3.19. The fourth-order valence-electron chi connectivity index (χ4n) is 4.46. The highest BCUT2D eigenvalue weighted by atomic mass is 32.2. The second kappa shape index (κ2) is 8.42. The highest BCUT2D eigenvalue weighted by molar-refractivity contribution is 7.89. The molecule has 0 aromatic heterocycles. The van der Waals surface area contributed by atoms with Gasteiger partial charge < -0.3 is 4.90 Å². The summed E-state index contributed by atoms with van der Waals surface area (Å²) in [4.78, 5) is 16.9. The number of amides is 1. The second-order valence-corrected chi connectivity index (χ2v) is 10.2. The van der Waals surface area contributed by atoms with E-state index >= 15 is 0 Å². The first-order chi connectivity index (χ1) is 13.7. The molecule has 0 N–H and O–H groups in total. The third kappa shape index (κ3) is 4.18. The molecule has 7 nitrogen and oxygen atoms in total. The van der Waals surface area contributed by atoms with E-state index in [0.29, 0.717) is 31.7 Å². The molecule has 2 saturated heterocycles. The van der Waals surface area contributed by atoms with Crippen molar-refractivity contribution < 1.29 is 13.2 Å². The topological polar surface area (TPSA) is 84.7 Å². The fraction of sp³-hybridized carbons (Fsp3) is 0.619. The maximum absolute atomic E-state index is 13.0. The van der Waals surface area contributed by atoms with Gasteiger partial charge in [0.15, 0.2) is 0 Å². The summed E-state index contributed by atoms with van der Waals surface area (Å²) in [6.07, 6.45) is 1.87. The van der Waals surface area contributed by atoms with Crippen LogP contribution in [-0.2, 0) is 14.8 Å². The molecule has 0 bridgehead atoms. The Hall–Kier alpha value is -1.95. The van der Waals surface area contributed by atoms with E-state index in [9.17, 15) is 13.2 Å².